The Morgan fingerprint density at radius 1 is 1.43 bits per heavy atom. The standard InChI is InChI=1S/C8H9NO4S/c1-5-6(8(10)11)3-2-4-7(5)14(9,12)13/h2-4H,1H3,(H,10,11)(H2,9,12,13). The maximum Gasteiger partial charge on any atom is 0.335 e. The number of sulfonamides is 1. The Kier molecular flexibility index (Phi) is 2.59. The molecule has 0 saturated heterocycles. The number of nitrogens with two attached hydrogens (primary N) is 1. The zero-order valence-electron chi connectivity index (χ0n) is 7.39. The Labute approximate surface area is 81.2 Å². The molecule has 1 aromatic rings. The van der Waals surface area contributed by atoms with E-state index < -0.39 is 16.0 Å². The van der Waals surface area contributed by atoms with Gasteiger partial charge in [0.25, 0.3) is 0 Å². The lowest BCUT2D eigenvalue weighted by molar-refractivity contribution is 0.0696. The molecule has 0 radical (unpaired) electrons. The van der Waals surface area contributed by atoms with Gasteiger partial charge in [-0.05, 0) is 24.6 Å². The smallest absolute Gasteiger partial charge is 0.335 e. The summed E-state index contributed by atoms with van der Waals surface area (Å²) in [7, 11) is -3.85. The zero-order chi connectivity index (χ0) is 10.9. The van der Waals surface area contributed by atoms with Crippen LogP contribution in [-0.4, -0.2) is 19.5 Å². The van der Waals surface area contributed by atoms with E-state index in [2.05, 4.69) is 0 Å². The summed E-state index contributed by atoms with van der Waals surface area (Å²) < 4.78 is 22.0. The fraction of sp³-hybridized carbons (Fsp3) is 0.125. The number of carbonyl (C=O) groups is 1. The van der Waals surface area contributed by atoms with Crippen molar-refractivity contribution < 1.29 is 18.3 Å². The van der Waals surface area contributed by atoms with Crippen LogP contribution in [0.15, 0.2) is 23.1 Å². The van der Waals surface area contributed by atoms with Gasteiger partial charge in [0.1, 0.15) is 0 Å². The number of hydrogen-bond donors (Lipinski definition) is 2. The largest absolute Gasteiger partial charge is 0.478 e. The molecule has 1 rings (SSSR count). The predicted molar refractivity (Wildman–Crippen MR) is 49.5 cm³/mol. The number of rotatable bonds is 2. The van der Waals surface area contributed by atoms with Crippen molar-refractivity contribution in [2.45, 2.75) is 11.8 Å². The first kappa shape index (κ1) is 10.7. The highest BCUT2D eigenvalue weighted by atomic mass is 32.2. The summed E-state index contributed by atoms with van der Waals surface area (Å²) in [5, 5.41) is 13.6. The molecule has 0 fully saturated rings. The summed E-state index contributed by atoms with van der Waals surface area (Å²) in [5.74, 6) is -1.17. The Bertz CT molecular complexity index is 478. The molecule has 6 heteroatoms. The highest BCUT2D eigenvalue weighted by molar-refractivity contribution is 7.89. The maximum atomic E-state index is 11.0. The predicted octanol–water partition coefficient (Wildman–Crippen LogP) is 0.341. The molecule has 1 aromatic carbocycles. The van der Waals surface area contributed by atoms with E-state index in [4.69, 9.17) is 10.2 Å². The van der Waals surface area contributed by atoms with Gasteiger partial charge in [-0.15, -0.1) is 0 Å². The fourth-order valence-corrected chi connectivity index (χ4v) is 1.96. The molecule has 76 valence electrons. The first-order valence-corrected chi connectivity index (χ1v) is 5.24. The molecule has 0 spiro atoms. The van der Waals surface area contributed by atoms with Gasteiger partial charge in [0.15, 0.2) is 0 Å². The van der Waals surface area contributed by atoms with Crippen molar-refractivity contribution in [1.29, 1.82) is 0 Å². The van der Waals surface area contributed by atoms with E-state index in [0.29, 0.717) is 0 Å². The molecule has 0 saturated carbocycles. The number of carboxylic acid groups (broad SMARTS) is 1. The molecular formula is C8H9NO4S. The maximum absolute atomic E-state index is 11.0. The third-order valence-corrected chi connectivity index (χ3v) is 2.88. The quantitative estimate of drug-likeness (QED) is 0.743. The normalized spacial score (nSPS) is 11.3. The first-order chi connectivity index (χ1) is 6.34. The van der Waals surface area contributed by atoms with Crippen LogP contribution in [0, 0.1) is 6.92 Å². The minimum atomic E-state index is -3.85. The SMILES string of the molecule is Cc1c(C(=O)O)cccc1S(N)(=O)=O. The second-order valence-corrected chi connectivity index (χ2v) is 4.31. The number of aromatic carboxylic acids is 1. The van der Waals surface area contributed by atoms with E-state index in [-0.39, 0.29) is 16.0 Å². The van der Waals surface area contributed by atoms with Gasteiger partial charge in [0.05, 0.1) is 10.5 Å². The van der Waals surface area contributed by atoms with Gasteiger partial charge < -0.3 is 5.11 Å². The topological polar surface area (TPSA) is 97.5 Å². The third kappa shape index (κ3) is 1.91. The number of hydrogen-bond acceptors (Lipinski definition) is 3. The van der Waals surface area contributed by atoms with E-state index in [9.17, 15) is 13.2 Å². The minimum absolute atomic E-state index is 0.0588. The summed E-state index contributed by atoms with van der Waals surface area (Å²) in [6.45, 7) is 1.41. The van der Waals surface area contributed by atoms with Crippen LogP contribution < -0.4 is 5.14 Å². The number of benzene rings is 1. The van der Waals surface area contributed by atoms with Crippen molar-refractivity contribution in [3.05, 3.63) is 29.3 Å². The minimum Gasteiger partial charge on any atom is -0.478 e. The lowest BCUT2D eigenvalue weighted by Crippen LogP contribution is -2.15. The van der Waals surface area contributed by atoms with Crippen LogP contribution in [0.2, 0.25) is 0 Å². The van der Waals surface area contributed by atoms with Crippen LogP contribution in [0.4, 0.5) is 0 Å². The molecule has 5 nitrogen and oxygen atoms in total. The van der Waals surface area contributed by atoms with Crippen LogP contribution in [-0.2, 0) is 10.0 Å². The summed E-state index contributed by atoms with van der Waals surface area (Å²) >= 11 is 0. The summed E-state index contributed by atoms with van der Waals surface area (Å²) in [4.78, 5) is 10.5. The fourth-order valence-electron chi connectivity index (χ4n) is 1.15. The highest BCUT2D eigenvalue weighted by Crippen LogP contribution is 2.17. The van der Waals surface area contributed by atoms with E-state index in [1.54, 1.807) is 0 Å². The molecule has 0 aliphatic heterocycles. The Morgan fingerprint density at radius 2 is 2.00 bits per heavy atom. The van der Waals surface area contributed by atoms with Gasteiger partial charge in [-0.3, -0.25) is 0 Å². The first-order valence-electron chi connectivity index (χ1n) is 3.69. The molecule has 0 aromatic heterocycles. The van der Waals surface area contributed by atoms with Crippen LogP contribution in [0.3, 0.4) is 0 Å². The lowest BCUT2D eigenvalue weighted by atomic mass is 10.1. The summed E-state index contributed by atoms with van der Waals surface area (Å²) in [6.07, 6.45) is 0. The number of carboxylic acids is 1. The zero-order valence-corrected chi connectivity index (χ0v) is 8.21. The van der Waals surface area contributed by atoms with Gasteiger partial charge in [-0.2, -0.15) is 0 Å². The second kappa shape index (κ2) is 3.39. The highest BCUT2D eigenvalue weighted by Gasteiger charge is 2.16. The van der Waals surface area contributed by atoms with Crippen LogP contribution in [0.25, 0.3) is 0 Å². The number of primary sulfonamides is 1. The van der Waals surface area contributed by atoms with Crippen molar-refractivity contribution in [3.8, 4) is 0 Å². The molecule has 0 heterocycles. The van der Waals surface area contributed by atoms with Crippen molar-refractivity contribution in [2.24, 2.45) is 5.14 Å². The molecule has 0 atom stereocenters. The molecule has 3 N–H and O–H groups in total. The average molecular weight is 215 g/mol. The van der Waals surface area contributed by atoms with E-state index in [1.807, 2.05) is 0 Å². The third-order valence-electron chi connectivity index (χ3n) is 1.82. The van der Waals surface area contributed by atoms with E-state index >= 15 is 0 Å². The van der Waals surface area contributed by atoms with Crippen LogP contribution in [0.1, 0.15) is 15.9 Å². The molecular weight excluding hydrogens is 206 g/mol. The van der Waals surface area contributed by atoms with Crippen molar-refractivity contribution in [3.63, 3.8) is 0 Å². The molecule has 0 aliphatic rings. The van der Waals surface area contributed by atoms with Gasteiger partial charge in [0.2, 0.25) is 10.0 Å². The molecule has 0 bridgehead atoms. The Hall–Kier alpha value is -1.40. The van der Waals surface area contributed by atoms with E-state index in [0.717, 1.165) is 0 Å². The summed E-state index contributed by atoms with van der Waals surface area (Å²) in [5.41, 5.74) is 0.0963. The van der Waals surface area contributed by atoms with Gasteiger partial charge in [-0.25, -0.2) is 18.4 Å². The monoisotopic (exact) mass is 215 g/mol. The van der Waals surface area contributed by atoms with Gasteiger partial charge in [0, 0.05) is 0 Å². The van der Waals surface area contributed by atoms with E-state index in [1.165, 1.54) is 25.1 Å². The molecule has 0 unspecified atom stereocenters. The molecule has 0 aliphatic carbocycles. The van der Waals surface area contributed by atoms with Crippen molar-refractivity contribution in [1.82, 2.24) is 0 Å². The lowest BCUT2D eigenvalue weighted by Gasteiger charge is -2.05. The molecule has 0 amide bonds. The van der Waals surface area contributed by atoms with Crippen molar-refractivity contribution >= 4 is 16.0 Å². The average Bonchev–Trinajstić information content (AvgIpc) is 2.01. The Morgan fingerprint density at radius 3 is 2.43 bits per heavy atom. The Balaban J connectivity index is 3.51. The van der Waals surface area contributed by atoms with Crippen LogP contribution >= 0.6 is 0 Å². The summed E-state index contributed by atoms with van der Waals surface area (Å²) in [6, 6.07) is 3.94. The van der Waals surface area contributed by atoms with Crippen molar-refractivity contribution in [2.75, 3.05) is 0 Å². The van der Waals surface area contributed by atoms with Gasteiger partial charge >= 0.3 is 5.97 Å². The molecule has 14 heavy (non-hydrogen) atoms. The second-order valence-electron chi connectivity index (χ2n) is 2.78. The van der Waals surface area contributed by atoms with Crippen LogP contribution in [0.5, 0.6) is 0 Å². The van der Waals surface area contributed by atoms with Gasteiger partial charge in [-0.1, -0.05) is 6.07 Å².